The van der Waals surface area contributed by atoms with E-state index in [1.54, 1.807) is 0 Å². The van der Waals surface area contributed by atoms with Gasteiger partial charge in [-0.3, -0.25) is 0 Å². The first-order chi connectivity index (χ1) is 6.86. The molecule has 14 heavy (non-hydrogen) atoms. The Hall–Kier alpha value is -1.15. The van der Waals surface area contributed by atoms with Crippen LogP contribution >= 0.6 is 12.2 Å². The molecule has 1 aromatic rings. The number of benzene rings is 1. The molecule has 0 aromatic heterocycles. The van der Waals surface area contributed by atoms with Gasteiger partial charge in [-0.25, -0.2) is 0 Å². The Morgan fingerprint density at radius 2 is 2.00 bits per heavy atom. The van der Waals surface area contributed by atoms with Crippen molar-refractivity contribution in [1.29, 1.82) is 0 Å². The lowest BCUT2D eigenvalue weighted by atomic mass is 10.1. The average molecular weight is 207 g/mol. The van der Waals surface area contributed by atoms with Crippen LogP contribution in [-0.4, -0.2) is 4.99 Å². The maximum atomic E-state index is 5.07. The van der Waals surface area contributed by atoms with Crippen molar-refractivity contribution < 1.29 is 1.43 Å². The average Bonchev–Trinajstić information content (AvgIpc) is 2.41. The van der Waals surface area contributed by atoms with Gasteiger partial charge in [-0.2, -0.15) is 0 Å². The highest BCUT2D eigenvalue weighted by Gasteiger charge is 2.03. The summed E-state index contributed by atoms with van der Waals surface area (Å²) >= 11 is 5.07. The van der Waals surface area contributed by atoms with Gasteiger partial charge in [0.15, 0.2) is 0 Å². The maximum absolute atomic E-state index is 5.07. The minimum Gasteiger partial charge on any atom is -0.346 e. The molecule has 2 rings (SSSR count). The van der Waals surface area contributed by atoms with Crippen LogP contribution in [0.15, 0.2) is 36.4 Å². The molecule has 0 saturated carbocycles. The lowest BCUT2D eigenvalue weighted by molar-refractivity contribution is 1.29. The van der Waals surface area contributed by atoms with Gasteiger partial charge in [-0.15, -0.1) is 0 Å². The molecule has 1 N–H and O–H groups in total. The molecule has 1 aliphatic heterocycles. The zero-order chi connectivity index (χ0) is 10.4. The summed E-state index contributed by atoms with van der Waals surface area (Å²) in [6.45, 7) is 4.00. The minimum atomic E-state index is 0. The van der Waals surface area contributed by atoms with Crippen molar-refractivity contribution in [2.45, 2.75) is 20.3 Å². The largest absolute Gasteiger partial charge is 0.346 e. The number of rotatable bonds is 0. The SMILES string of the molecule is CC.S=C1C=CCc2ccccc2N1.[HH]. The number of nitrogens with one attached hydrogen (secondary N) is 1. The predicted molar refractivity (Wildman–Crippen MR) is 69.0 cm³/mol. The Morgan fingerprint density at radius 1 is 1.29 bits per heavy atom. The molecule has 1 nitrogen and oxygen atoms in total. The minimum absolute atomic E-state index is 0. The molecule has 1 aromatic carbocycles. The van der Waals surface area contributed by atoms with Crippen LogP contribution in [0.3, 0.4) is 0 Å². The Labute approximate surface area is 92.3 Å². The molecular weight excluding hydrogens is 190 g/mol. The molecule has 0 atom stereocenters. The fourth-order valence-electron chi connectivity index (χ4n) is 1.29. The fourth-order valence-corrected chi connectivity index (χ4v) is 1.49. The fraction of sp³-hybridized carbons (Fsp3) is 0.250. The first-order valence-corrected chi connectivity index (χ1v) is 5.32. The van der Waals surface area contributed by atoms with E-state index in [1.165, 1.54) is 5.56 Å². The molecule has 1 heterocycles. The molecule has 0 radical (unpaired) electrons. The lowest BCUT2D eigenvalue weighted by Crippen LogP contribution is -2.04. The van der Waals surface area contributed by atoms with Crippen LogP contribution < -0.4 is 5.32 Å². The van der Waals surface area contributed by atoms with Gasteiger partial charge in [0.1, 0.15) is 4.99 Å². The molecule has 0 aliphatic carbocycles. The van der Waals surface area contributed by atoms with Gasteiger partial charge in [0.05, 0.1) is 0 Å². The van der Waals surface area contributed by atoms with Crippen molar-refractivity contribution in [2.24, 2.45) is 0 Å². The van der Waals surface area contributed by atoms with Gasteiger partial charge in [0.25, 0.3) is 0 Å². The quantitative estimate of drug-likeness (QED) is 0.649. The van der Waals surface area contributed by atoms with Gasteiger partial charge in [-0.1, -0.05) is 50.3 Å². The second-order valence-corrected chi connectivity index (χ2v) is 3.19. The van der Waals surface area contributed by atoms with Crippen molar-refractivity contribution >= 4 is 22.9 Å². The van der Waals surface area contributed by atoms with E-state index in [9.17, 15) is 0 Å². The highest BCUT2D eigenvalue weighted by Crippen LogP contribution is 2.18. The summed E-state index contributed by atoms with van der Waals surface area (Å²) in [5.41, 5.74) is 2.43. The number of fused-ring (bicyclic) bond motifs is 1. The first kappa shape index (κ1) is 10.9. The number of allylic oxidation sites excluding steroid dienone is 1. The Morgan fingerprint density at radius 3 is 2.79 bits per heavy atom. The van der Waals surface area contributed by atoms with E-state index in [4.69, 9.17) is 12.2 Å². The highest BCUT2D eigenvalue weighted by molar-refractivity contribution is 7.81. The second-order valence-electron chi connectivity index (χ2n) is 2.75. The maximum Gasteiger partial charge on any atom is 0.103 e. The summed E-state index contributed by atoms with van der Waals surface area (Å²) in [5, 5.41) is 3.17. The Balaban J connectivity index is 0.000000617. The van der Waals surface area contributed by atoms with Crippen LogP contribution in [0, 0.1) is 0 Å². The third kappa shape index (κ3) is 2.67. The van der Waals surface area contributed by atoms with Gasteiger partial charge in [0, 0.05) is 7.11 Å². The third-order valence-electron chi connectivity index (χ3n) is 1.88. The van der Waals surface area contributed by atoms with Crippen LogP contribution in [0.1, 0.15) is 20.8 Å². The lowest BCUT2D eigenvalue weighted by Gasteiger charge is -2.05. The van der Waals surface area contributed by atoms with Gasteiger partial charge in [-0.05, 0) is 24.1 Å². The number of anilines is 1. The van der Waals surface area contributed by atoms with Gasteiger partial charge >= 0.3 is 0 Å². The number of hydrogen-bond acceptors (Lipinski definition) is 1. The van der Waals surface area contributed by atoms with Gasteiger partial charge < -0.3 is 5.32 Å². The predicted octanol–water partition coefficient (Wildman–Crippen LogP) is 3.81. The molecule has 0 spiro atoms. The van der Waals surface area contributed by atoms with E-state index in [0.29, 0.717) is 0 Å². The topological polar surface area (TPSA) is 12.0 Å². The van der Waals surface area contributed by atoms with E-state index in [1.807, 2.05) is 32.1 Å². The zero-order valence-electron chi connectivity index (χ0n) is 8.58. The number of hydrogen-bond donors (Lipinski definition) is 1. The molecule has 0 unspecified atom stereocenters. The van der Waals surface area contributed by atoms with Crippen LogP contribution in [0.5, 0.6) is 0 Å². The van der Waals surface area contributed by atoms with Crippen molar-refractivity contribution in [1.82, 2.24) is 0 Å². The number of para-hydroxylation sites is 1. The van der Waals surface area contributed by atoms with Crippen LogP contribution in [0.25, 0.3) is 0 Å². The normalized spacial score (nSPS) is 13.1. The summed E-state index contributed by atoms with van der Waals surface area (Å²) in [7, 11) is 0. The van der Waals surface area contributed by atoms with Crippen molar-refractivity contribution in [3.8, 4) is 0 Å². The smallest absolute Gasteiger partial charge is 0.103 e. The molecule has 2 heteroatoms. The zero-order valence-corrected chi connectivity index (χ0v) is 9.40. The summed E-state index contributed by atoms with van der Waals surface area (Å²) in [6.07, 6.45) is 4.99. The molecule has 0 bridgehead atoms. The molecule has 0 fully saturated rings. The third-order valence-corrected chi connectivity index (χ3v) is 2.12. The van der Waals surface area contributed by atoms with Gasteiger partial charge in [0.2, 0.25) is 0 Å². The van der Waals surface area contributed by atoms with Crippen LogP contribution in [-0.2, 0) is 6.42 Å². The highest BCUT2D eigenvalue weighted by atomic mass is 32.1. The van der Waals surface area contributed by atoms with E-state index in [-0.39, 0.29) is 1.43 Å². The Bertz CT molecular complexity index is 347. The standard InChI is InChI=1S/C10H9NS.C2H6.H2/c12-10-7-3-5-8-4-1-2-6-9(8)11-10;1-2;/h1-4,6-7H,5H2,(H,11,12);1-2H3;1H. The summed E-state index contributed by atoms with van der Waals surface area (Å²) < 4.78 is 0. The van der Waals surface area contributed by atoms with Crippen molar-refractivity contribution in [3.63, 3.8) is 0 Å². The summed E-state index contributed by atoms with van der Waals surface area (Å²) in [4.78, 5) is 0.792. The summed E-state index contributed by atoms with van der Waals surface area (Å²) in [6, 6.07) is 8.22. The van der Waals surface area contributed by atoms with E-state index >= 15 is 0 Å². The molecule has 76 valence electrons. The van der Waals surface area contributed by atoms with E-state index < -0.39 is 0 Å². The van der Waals surface area contributed by atoms with E-state index in [2.05, 4.69) is 23.5 Å². The van der Waals surface area contributed by atoms with Crippen LogP contribution in [0.4, 0.5) is 5.69 Å². The van der Waals surface area contributed by atoms with Crippen molar-refractivity contribution in [3.05, 3.63) is 42.0 Å². The molecule has 0 amide bonds. The first-order valence-electron chi connectivity index (χ1n) is 4.92. The molecule has 1 aliphatic rings. The van der Waals surface area contributed by atoms with Crippen molar-refractivity contribution in [2.75, 3.05) is 5.32 Å². The van der Waals surface area contributed by atoms with E-state index in [0.717, 1.165) is 17.1 Å². The molecular formula is C12H17NS. The number of thiocarbonyl (C=S) groups is 1. The second kappa shape index (κ2) is 5.55. The molecule has 0 saturated heterocycles. The monoisotopic (exact) mass is 207 g/mol. The Kier molecular flexibility index (Phi) is 4.33. The summed E-state index contributed by atoms with van der Waals surface area (Å²) in [5.74, 6) is 0. The van der Waals surface area contributed by atoms with Crippen LogP contribution in [0.2, 0.25) is 0 Å².